The second kappa shape index (κ2) is 9.69. The molecule has 34 heavy (non-hydrogen) atoms. The molecule has 1 N–H and O–H groups in total. The number of aromatic nitrogens is 1. The summed E-state index contributed by atoms with van der Waals surface area (Å²) in [7, 11) is -3.34. The molecule has 0 saturated heterocycles. The summed E-state index contributed by atoms with van der Waals surface area (Å²) in [5.41, 5.74) is -1.86. The van der Waals surface area contributed by atoms with Gasteiger partial charge in [0.1, 0.15) is 0 Å². The molecule has 0 aliphatic heterocycles. The van der Waals surface area contributed by atoms with Gasteiger partial charge in [0.15, 0.2) is 5.03 Å². The number of alkyl halides is 3. The number of carbonyl (C=O) groups excluding carboxylic acids is 1. The van der Waals surface area contributed by atoms with Crippen LogP contribution in [0.3, 0.4) is 0 Å². The number of anilines is 1. The Labute approximate surface area is 195 Å². The molecule has 1 heterocycles. The van der Waals surface area contributed by atoms with E-state index in [1.807, 2.05) is 0 Å². The quantitative estimate of drug-likeness (QED) is 0.272. The SMILES string of the molecule is COC(=O)c1cnc(Sc2ccccc2NS(=O)(=O)c2cccc(C(F)(F)F)c2)c([N+](=O)[O-])c1. The van der Waals surface area contributed by atoms with Gasteiger partial charge in [0.25, 0.3) is 10.0 Å². The molecule has 1 aromatic heterocycles. The van der Waals surface area contributed by atoms with Crippen LogP contribution < -0.4 is 4.72 Å². The highest BCUT2D eigenvalue weighted by Crippen LogP contribution is 2.38. The number of esters is 1. The van der Waals surface area contributed by atoms with Gasteiger partial charge in [0.2, 0.25) is 0 Å². The Hall–Kier alpha value is -3.65. The molecule has 0 bridgehead atoms. The molecule has 3 rings (SSSR count). The average Bonchev–Trinajstić information content (AvgIpc) is 2.79. The van der Waals surface area contributed by atoms with Crippen LogP contribution in [0.15, 0.2) is 75.6 Å². The van der Waals surface area contributed by atoms with Gasteiger partial charge in [-0.1, -0.05) is 30.0 Å². The molecule has 0 spiro atoms. The van der Waals surface area contributed by atoms with E-state index in [1.54, 1.807) is 0 Å². The summed E-state index contributed by atoms with van der Waals surface area (Å²) in [4.78, 5) is 25.8. The minimum atomic E-state index is -4.74. The second-order valence-electron chi connectivity index (χ2n) is 6.53. The van der Waals surface area contributed by atoms with Crippen molar-refractivity contribution in [3.63, 3.8) is 0 Å². The van der Waals surface area contributed by atoms with Crippen molar-refractivity contribution in [1.82, 2.24) is 4.98 Å². The van der Waals surface area contributed by atoms with E-state index in [-0.39, 0.29) is 21.2 Å². The van der Waals surface area contributed by atoms with E-state index >= 15 is 0 Å². The van der Waals surface area contributed by atoms with E-state index in [2.05, 4.69) is 14.4 Å². The number of nitrogens with zero attached hydrogens (tertiary/aromatic N) is 2. The molecule has 0 amide bonds. The predicted molar refractivity (Wildman–Crippen MR) is 115 cm³/mol. The van der Waals surface area contributed by atoms with Crippen LogP contribution in [-0.2, 0) is 20.9 Å². The van der Waals surface area contributed by atoms with Gasteiger partial charge in [-0.15, -0.1) is 0 Å². The lowest BCUT2D eigenvalue weighted by atomic mass is 10.2. The summed E-state index contributed by atoms with van der Waals surface area (Å²) in [6.07, 6.45) is -3.67. The minimum Gasteiger partial charge on any atom is -0.465 e. The standard InChI is InChI=1S/C20H14F3N3O6S2/c1-32-19(27)12-9-16(26(28)29)18(24-11-12)33-17-8-3-2-7-15(17)25-34(30,31)14-6-4-5-13(10-14)20(21,22)23/h2-11,25H,1H3. The molecular formula is C20H14F3N3O6S2. The van der Waals surface area contributed by atoms with Gasteiger partial charge in [0, 0.05) is 17.2 Å². The number of hydrogen-bond donors (Lipinski definition) is 1. The number of ether oxygens (including phenoxy) is 1. The maximum Gasteiger partial charge on any atom is 0.416 e. The maximum atomic E-state index is 13.0. The molecule has 0 fully saturated rings. The number of halogens is 3. The highest BCUT2D eigenvalue weighted by Gasteiger charge is 2.32. The topological polar surface area (TPSA) is 128 Å². The Kier molecular flexibility index (Phi) is 7.12. The van der Waals surface area contributed by atoms with Crippen LogP contribution in [0.2, 0.25) is 0 Å². The Balaban J connectivity index is 1.96. The van der Waals surface area contributed by atoms with Gasteiger partial charge in [-0.25, -0.2) is 18.2 Å². The van der Waals surface area contributed by atoms with Crippen LogP contribution in [0, 0.1) is 10.1 Å². The van der Waals surface area contributed by atoms with Gasteiger partial charge in [-0.3, -0.25) is 14.8 Å². The highest BCUT2D eigenvalue weighted by atomic mass is 32.2. The first-order valence-corrected chi connectivity index (χ1v) is 11.4. The van der Waals surface area contributed by atoms with Crippen molar-refractivity contribution in [2.75, 3.05) is 11.8 Å². The molecular weight excluding hydrogens is 499 g/mol. The fraction of sp³-hybridized carbons (Fsp3) is 0.100. The summed E-state index contributed by atoms with van der Waals surface area (Å²) in [6.45, 7) is 0. The number of benzene rings is 2. The molecule has 0 aliphatic carbocycles. The molecule has 14 heteroatoms. The first-order valence-electron chi connectivity index (χ1n) is 9.12. The lowest BCUT2D eigenvalue weighted by Crippen LogP contribution is -2.15. The first-order chi connectivity index (χ1) is 15.9. The third-order valence-corrected chi connectivity index (χ3v) is 6.71. The number of nitro groups is 1. The number of rotatable bonds is 7. The summed E-state index contributed by atoms with van der Waals surface area (Å²) in [5, 5.41) is 11.3. The van der Waals surface area contributed by atoms with Crippen molar-refractivity contribution in [3.8, 4) is 0 Å². The van der Waals surface area contributed by atoms with Crippen LogP contribution in [0.5, 0.6) is 0 Å². The molecule has 0 unspecified atom stereocenters. The Bertz CT molecular complexity index is 1360. The number of pyridine rings is 1. The number of carbonyl (C=O) groups is 1. The van der Waals surface area contributed by atoms with Gasteiger partial charge in [-0.05, 0) is 30.3 Å². The van der Waals surface area contributed by atoms with E-state index in [0.29, 0.717) is 6.07 Å². The van der Waals surface area contributed by atoms with Crippen molar-refractivity contribution in [2.45, 2.75) is 21.0 Å². The largest absolute Gasteiger partial charge is 0.465 e. The lowest BCUT2D eigenvalue weighted by Gasteiger charge is -2.13. The first kappa shape index (κ1) is 25.0. The lowest BCUT2D eigenvalue weighted by molar-refractivity contribution is -0.388. The van der Waals surface area contributed by atoms with Crippen molar-refractivity contribution >= 4 is 39.1 Å². The zero-order chi connectivity index (χ0) is 25.1. The summed E-state index contributed by atoms with van der Waals surface area (Å²) >= 11 is 0.729. The van der Waals surface area contributed by atoms with E-state index in [0.717, 1.165) is 49.3 Å². The van der Waals surface area contributed by atoms with E-state index in [9.17, 15) is 36.5 Å². The average molecular weight is 513 g/mol. The molecule has 2 aromatic carbocycles. The fourth-order valence-electron chi connectivity index (χ4n) is 2.67. The molecule has 0 atom stereocenters. The number of methoxy groups -OCH3 is 1. The Morgan fingerprint density at radius 2 is 1.85 bits per heavy atom. The number of nitrogens with one attached hydrogen (secondary N) is 1. The van der Waals surface area contributed by atoms with E-state index in [4.69, 9.17) is 0 Å². The Morgan fingerprint density at radius 1 is 1.15 bits per heavy atom. The fourth-order valence-corrected chi connectivity index (χ4v) is 4.78. The van der Waals surface area contributed by atoms with Crippen LogP contribution in [0.1, 0.15) is 15.9 Å². The predicted octanol–water partition coefficient (Wildman–Crippen LogP) is 4.75. The second-order valence-corrected chi connectivity index (χ2v) is 9.24. The van der Waals surface area contributed by atoms with Crippen LogP contribution in [0.25, 0.3) is 0 Å². The third-order valence-electron chi connectivity index (χ3n) is 4.26. The Morgan fingerprint density at radius 3 is 2.50 bits per heavy atom. The van der Waals surface area contributed by atoms with Gasteiger partial charge in [-0.2, -0.15) is 13.2 Å². The molecule has 178 valence electrons. The minimum absolute atomic E-state index is 0.0435. The van der Waals surface area contributed by atoms with Crippen molar-refractivity contribution in [3.05, 3.63) is 82.0 Å². The summed E-state index contributed by atoms with van der Waals surface area (Å²) in [5.74, 6) is -0.832. The molecule has 9 nitrogen and oxygen atoms in total. The van der Waals surface area contributed by atoms with Crippen LogP contribution in [0.4, 0.5) is 24.5 Å². The monoisotopic (exact) mass is 513 g/mol. The van der Waals surface area contributed by atoms with E-state index in [1.165, 1.54) is 24.3 Å². The third kappa shape index (κ3) is 5.63. The molecule has 0 saturated carbocycles. The van der Waals surface area contributed by atoms with Crippen LogP contribution >= 0.6 is 11.8 Å². The maximum absolute atomic E-state index is 13.0. The molecule has 3 aromatic rings. The molecule has 0 aliphatic rings. The zero-order valence-electron chi connectivity index (χ0n) is 17.1. The zero-order valence-corrected chi connectivity index (χ0v) is 18.7. The number of sulfonamides is 1. The van der Waals surface area contributed by atoms with Crippen molar-refractivity contribution in [2.24, 2.45) is 0 Å². The normalized spacial score (nSPS) is 11.6. The van der Waals surface area contributed by atoms with Crippen molar-refractivity contribution in [1.29, 1.82) is 0 Å². The van der Waals surface area contributed by atoms with Gasteiger partial charge >= 0.3 is 17.8 Å². The highest BCUT2D eigenvalue weighted by molar-refractivity contribution is 7.99. The smallest absolute Gasteiger partial charge is 0.416 e. The summed E-state index contributed by atoms with van der Waals surface area (Å²) < 4.78 is 71.2. The number of para-hydroxylation sites is 1. The van der Waals surface area contributed by atoms with E-state index < -0.39 is 43.2 Å². The van der Waals surface area contributed by atoms with Crippen molar-refractivity contribution < 1.29 is 36.0 Å². The van der Waals surface area contributed by atoms with Crippen LogP contribution in [-0.4, -0.2) is 31.4 Å². The summed E-state index contributed by atoms with van der Waals surface area (Å²) in [6, 6.07) is 9.95. The van der Waals surface area contributed by atoms with Gasteiger partial charge < -0.3 is 4.74 Å². The number of hydrogen-bond acceptors (Lipinski definition) is 8. The van der Waals surface area contributed by atoms with Gasteiger partial charge in [0.05, 0.1) is 33.7 Å². The molecule has 0 radical (unpaired) electrons.